The Kier molecular flexibility index (Phi) is 6.46. The van der Waals surface area contributed by atoms with Crippen LogP contribution in [0, 0.1) is 0 Å². The van der Waals surface area contributed by atoms with Gasteiger partial charge in [0.1, 0.15) is 0 Å². The standard InChI is InChI=1S/C18H18BrN3O4S2/c1-2-26-10-9-22-15-8-7-14(28(20,24)25)11-16(15)27-18(22)21-17(23)12-3-5-13(19)6-4-12/h3-8,11H,2,9-10H2,1H3,(H2,20,24,25). The summed E-state index contributed by atoms with van der Waals surface area (Å²) >= 11 is 4.57. The summed E-state index contributed by atoms with van der Waals surface area (Å²) < 4.78 is 32.1. The fraction of sp³-hybridized carbons (Fsp3) is 0.222. The lowest BCUT2D eigenvalue weighted by Gasteiger charge is -2.06. The molecule has 3 rings (SSSR count). The largest absolute Gasteiger partial charge is 0.380 e. The summed E-state index contributed by atoms with van der Waals surface area (Å²) in [6.07, 6.45) is 0. The first-order valence-corrected chi connectivity index (χ1v) is 11.5. The zero-order chi connectivity index (χ0) is 20.3. The minimum absolute atomic E-state index is 0.0176. The maximum Gasteiger partial charge on any atom is 0.279 e. The average Bonchev–Trinajstić information content (AvgIpc) is 2.98. The van der Waals surface area contributed by atoms with Crippen molar-refractivity contribution < 1.29 is 17.9 Å². The number of aromatic nitrogens is 1. The number of carbonyl (C=O) groups excluding carboxylic acids is 1. The van der Waals surface area contributed by atoms with Crippen LogP contribution < -0.4 is 9.94 Å². The maximum atomic E-state index is 12.6. The molecule has 0 radical (unpaired) electrons. The van der Waals surface area contributed by atoms with E-state index < -0.39 is 10.0 Å². The van der Waals surface area contributed by atoms with Crippen molar-refractivity contribution in [2.24, 2.45) is 10.1 Å². The Hall–Kier alpha value is -1.85. The van der Waals surface area contributed by atoms with E-state index >= 15 is 0 Å². The Balaban J connectivity index is 2.11. The van der Waals surface area contributed by atoms with Gasteiger partial charge in [-0.1, -0.05) is 27.3 Å². The fourth-order valence-electron chi connectivity index (χ4n) is 2.58. The van der Waals surface area contributed by atoms with E-state index in [1.165, 1.54) is 23.5 Å². The number of primary sulfonamides is 1. The zero-order valence-corrected chi connectivity index (χ0v) is 18.2. The van der Waals surface area contributed by atoms with E-state index in [4.69, 9.17) is 9.88 Å². The molecule has 1 aromatic heterocycles. The number of benzene rings is 2. The van der Waals surface area contributed by atoms with Crippen molar-refractivity contribution in [1.82, 2.24) is 4.57 Å². The van der Waals surface area contributed by atoms with E-state index in [0.29, 0.717) is 34.8 Å². The Morgan fingerprint density at radius 3 is 2.61 bits per heavy atom. The van der Waals surface area contributed by atoms with E-state index in [1.54, 1.807) is 30.3 Å². The first kappa shape index (κ1) is 20.9. The molecule has 0 unspecified atom stereocenters. The number of ether oxygens (including phenoxy) is 1. The molecular formula is C18H18BrN3O4S2. The monoisotopic (exact) mass is 483 g/mol. The molecule has 2 N–H and O–H groups in total. The fourth-order valence-corrected chi connectivity index (χ4v) is 4.55. The molecular weight excluding hydrogens is 466 g/mol. The summed E-state index contributed by atoms with van der Waals surface area (Å²) in [6, 6.07) is 11.5. The van der Waals surface area contributed by atoms with E-state index in [9.17, 15) is 13.2 Å². The van der Waals surface area contributed by atoms with Gasteiger partial charge in [0.25, 0.3) is 5.91 Å². The number of thiazole rings is 1. The molecule has 28 heavy (non-hydrogen) atoms. The number of nitrogens with zero attached hydrogens (tertiary/aromatic N) is 2. The molecule has 148 valence electrons. The van der Waals surface area contributed by atoms with Crippen LogP contribution in [0.4, 0.5) is 0 Å². The summed E-state index contributed by atoms with van der Waals surface area (Å²) in [4.78, 5) is 17.3. The lowest BCUT2D eigenvalue weighted by Crippen LogP contribution is -2.19. The smallest absolute Gasteiger partial charge is 0.279 e. The van der Waals surface area contributed by atoms with Crippen LogP contribution in [-0.4, -0.2) is 32.1 Å². The van der Waals surface area contributed by atoms with Crippen molar-refractivity contribution in [2.45, 2.75) is 18.4 Å². The van der Waals surface area contributed by atoms with Crippen LogP contribution in [0.3, 0.4) is 0 Å². The Bertz CT molecular complexity index is 1180. The molecule has 2 aromatic carbocycles. The quantitative estimate of drug-likeness (QED) is 0.544. The number of rotatable bonds is 6. The van der Waals surface area contributed by atoms with Crippen molar-refractivity contribution in [2.75, 3.05) is 13.2 Å². The average molecular weight is 484 g/mol. The normalized spacial score (nSPS) is 12.6. The lowest BCUT2D eigenvalue weighted by molar-refractivity contribution is 0.0996. The SMILES string of the molecule is CCOCCn1c(=NC(=O)c2ccc(Br)cc2)sc2cc(S(N)(=O)=O)ccc21. The van der Waals surface area contributed by atoms with Crippen LogP contribution in [0.15, 0.2) is 56.8 Å². The van der Waals surface area contributed by atoms with Gasteiger partial charge in [-0.05, 0) is 49.4 Å². The third kappa shape index (κ3) is 4.76. The number of fused-ring (bicyclic) bond motifs is 1. The van der Waals surface area contributed by atoms with Gasteiger partial charge < -0.3 is 9.30 Å². The first-order valence-electron chi connectivity index (χ1n) is 8.38. The zero-order valence-electron chi connectivity index (χ0n) is 15.0. The maximum absolute atomic E-state index is 12.6. The van der Waals surface area contributed by atoms with Gasteiger partial charge in [0, 0.05) is 23.2 Å². The van der Waals surface area contributed by atoms with E-state index in [2.05, 4.69) is 20.9 Å². The van der Waals surface area contributed by atoms with Crippen LogP contribution in [0.1, 0.15) is 17.3 Å². The summed E-state index contributed by atoms with van der Waals surface area (Å²) in [5.74, 6) is -0.379. The number of halogens is 1. The van der Waals surface area contributed by atoms with Gasteiger partial charge in [-0.3, -0.25) is 4.79 Å². The molecule has 1 amide bonds. The first-order chi connectivity index (χ1) is 13.3. The molecule has 1 heterocycles. The van der Waals surface area contributed by atoms with Crippen molar-refractivity contribution in [3.05, 3.63) is 57.3 Å². The van der Waals surface area contributed by atoms with Gasteiger partial charge in [-0.25, -0.2) is 13.6 Å². The molecule has 3 aromatic rings. The molecule has 0 saturated heterocycles. The van der Waals surface area contributed by atoms with Crippen LogP contribution >= 0.6 is 27.3 Å². The summed E-state index contributed by atoms with van der Waals surface area (Å²) in [5.41, 5.74) is 1.22. The molecule has 0 spiro atoms. The lowest BCUT2D eigenvalue weighted by atomic mass is 10.2. The summed E-state index contributed by atoms with van der Waals surface area (Å²) in [7, 11) is -3.82. The van der Waals surface area contributed by atoms with Crippen molar-refractivity contribution >= 4 is 53.4 Å². The number of sulfonamides is 1. The molecule has 0 aliphatic carbocycles. The van der Waals surface area contributed by atoms with Gasteiger partial charge >= 0.3 is 0 Å². The number of hydrogen-bond acceptors (Lipinski definition) is 5. The van der Waals surface area contributed by atoms with Crippen LogP contribution in [0.5, 0.6) is 0 Å². The van der Waals surface area contributed by atoms with E-state index in [1.807, 2.05) is 11.5 Å². The third-order valence-electron chi connectivity index (χ3n) is 3.93. The second-order valence-corrected chi connectivity index (χ2v) is 9.32. The molecule has 0 atom stereocenters. The highest BCUT2D eigenvalue weighted by molar-refractivity contribution is 9.10. The summed E-state index contributed by atoms with van der Waals surface area (Å²) in [6.45, 7) is 3.40. The molecule has 0 aliphatic rings. The van der Waals surface area contributed by atoms with E-state index in [-0.39, 0.29) is 10.8 Å². The van der Waals surface area contributed by atoms with Crippen molar-refractivity contribution in [1.29, 1.82) is 0 Å². The van der Waals surface area contributed by atoms with E-state index in [0.717, 1.165) is 9.99 Å². The second kappa shape index (κ2) is 8.66. The number of nitrogens with two attached hydrogens (primary N) is 1. The molecule has 7 nitrogen and oxygen atoms in total. The van der Waals surface area contributed by atoms with Gasteiger partial charge in [-0.15, -0.1) is 0 Å². The predicted octanol–water partition coefficient (Wildman–Crippen LogP) is 2.89. The number of hydrogen-bond donors (Lipinski definition) is 1. The third-order valence-corrected chi connectivity index (χ3v) is 6.42. The Morgan fingerprint density at radius 2 is 1.96 bits per heavy atom. The van der Waals surface area contributed by atoms with Crippen molar-refractivity contribution in [3.8, 4) is 0 Å². The molecule has 0 saturated carbocycles. The van der Waals surface area contributed by atoms with Gasteiger partial charge in [0.05, 0.1) is 21.7 Å². The van der Waals surface area contributed by atoms with Crippen LogP contribution in [0.25, 0.3) is 10.2 Å². The minimum atomic E-state index is -3.82. The highest BCUT2D eigenvalue weighted by atomic mass is 79.9. The molecule has 10 heteroatoms. The predicted molar refractivity (Wildman–Crippen MR) is 112 cm³/mol. The van der Waals surface area contributed by atoms with Crippen LogP contribution in [-0.2, 0) is 21.3 Å². The second-order valence-electron chi connectivity index (χ2n) is 5.83. The van der Waals surface area contributed by atoms with Gasteiger partial charge in [0.15, 0.2) is 4.80 Å². The summed E-state index contributed by atoms with van der Waals surface area (Å²) in [5, 5.41) is 5.23. The molecule has 0 fully saturated rings. The molecule has 0 aliphatic heterocycles. The van der Waals surface area contributed by atoms with Crippen molar-refractivity contribution in [3.63, 3.8) is 0 Å². The highest BCUT2D eigenvalue weighted by Crippen LogP contribution is 2.21. The topological polar surface area (TPSA) is 104 Å². The molecule has 0 bridgehead atoms. The highest BCUT2D eigenvalue weighted by Gasteiger charge is 2.13. The van der Waals surface area contributed by atoms with Crippen LogP contribution in [0.2, 0.25) is 0 Å². The Morgan fingerprint density at radius 1 is 1.25 bits per heavy atom. The minimum Gasteiger partial charge on any atom is -0.380 e. The Labute approximate surface area is 174 Å². The number of carbonyl (C=O) groups is 1. The number of amides is 1. The van der Waals surface area contributed by atoms with Gasteiger partial charge in [0.2, 0.25) is 10.0 Å². The van der Waals surface area contributed by atoms with Gasteiger partial charge in [-0.2, -0.15) is 4.99 Å².